The van der Waals surface area contributed by atoms with Gasteiger partial charge < -0.3 is 15.8 Å². The fourth-order valence-corrected chi connectivity index (χ4v) is 1.54. The number of carbonyl (C=O) groups is 1. The Hall–Kier alpha value is -1.55. The van der Waals surface area contributed by atoms with Crippen molar-refractivity contribution in [3.05, 3.63) is 29.8 Å². The highest BCUT2D eigenvalue weighted by molar-refractivity contribution is 5.77. The van der Waals surface area contributed by atoms with Gasteiger partial charge in [-0.3, -0.25) is 4.79 Å². The molecule has 1 amide bonds. The van der Waals surface area contributed by atoms with Crippen LogP contribution in [-0.4, -0.2) is 25.6 Å². The van der Waals surface area contributed by atoms with Gasteiger partial charge >= 0.3 is 0 Å². The summed E-state index contributed by atoms with van der Waals surface area (Å²) in [4.78, 5) is 11.3. The Morgan fingerprint density at radius 1 is 1.39 bits per heavy atom. The van der Waals surface area contributed by atoms with Crippen molar-refractivity contribution in [2.75, 3.05) is 19.7 Å². The normalized spacial score (nSPS) is 11.9. The zero-order chi connectivity index (χ0) is 13.4. The Morgan fingerprint density at radius 2 is 2.06 bits per heavy atom. The maximum absolute atomic E-state index is 11.3. The van der Waals surface area contributed by atoms with Gasteiger partial charge in [0, 0.05) is 13.1 Å². The van der Waals surface area contributed by atoms with E-state index in [1.807, 2.05) is 24.3 Å². The highest BCUT2D eigenvalue weighted by atomic mass is 16.5. The molecule has 1 aromatic carbocycles. The third-order valence-corrected chi connectivity index (χ3v) is 2.90. The van der Waals surface area contributed by atoms with Crippen molar-refractivity contribution in [3.8, 4) is 5.75 Å². The summed E-state index contributed by atoms with van der Waals surface area (Å²) in [5.74, 6) is 1.11. The Kier molecular flexibility index (Phi) is 6.22. The second kappa shape index (κ2) is 7.71. The van der Waals surface area contributed by atoms with Crippen molar-refractivity contribution in [2.45, 2.75) is 26.2 Å². The minimum atomic E-state index is -0.147. The fraction of sp³-hybridized carbons (Fsp3) is 0.500. The summed E-state index contributed by atoms with van der Waals surface area (Å²) < 4.78 is 5.38. The second-order valence-corrected chi connectivity index (χ2v) is 4.31. The van der Waals surface area contributed by atoms with Crippen molar-refractivity contribution in [1.29, 1.82) is 0 Å². The van der Waals surface area contributed by atoms with Crippen molar-refractivity contribution in [2.24, 2.45) is 5.73 Å². The molecule has 18 heavy (non-hydrogen) atoms. The molecule has 0 saturated carbocycles. The molecule has 0 radical (unpaired) electrons. The first-order chi connectivity index (χ1) is 8.67. The maximum Gasteiger partial charge on any atom is 0.257 e. The highest BCUT2D eigenvalue weighted by Gasteiger charge is 2.04. The van der Waals surface area contributed by atoms with Crippen LogP contribution in [0.1, 0.15) is 31.7 Å². The van der Waals surface area contributed by atoms with Gasteiger partial charge in [0.05, 0.1) is 0 Å². The Morgan fingerprint density at radius 3 is 2.61 bits per heavy atom. The molecule has 0 spiro atoms. The zero-order valence-electron chi connectivity index (χ0n) is 11.1. The van der Waals surface area contributed by atoms with Gasteiger partial charge in [0.1, 0.15) is 5.75 Å². The van der Waals surface area contributed by atoms with Crippen molar-refractivity contribution in [3.63, 3.8) is 0 Å². The van der Waals surface area contributed by atoms with E-state index in [0.717, 1.165) is 6.42 Å². The molecule has 1 atom stereocenters. The third-order valence-electron chi connectivity index (χ3n) is 2.90. The highest BCUT2D eigenvalue weighted by Crippen LogP contribution is 2.21. The van der Waals surface area contributed by atoms with E-state index in [1.165, 1.54) is 5.56 Å². The number of benzene rings is 1. The van der Waals surface area contributed by atoms with Crippen LogP contribution in [0, 0.1) is 0 Å². The van der Waals surface area contributed by atoms with Gasteiger partial charge in [0.15, 0.2) is 6.61 Å². The van der Waals surface area contributed by atoms with Gasteiger partial charge in [0.25, 0.3) is 5.91 Å². The van der Waals surface area contributed by atoms with Crippen LogP contribution in [0.4, 0.5) is 0 Å². The lowest BCUT2D eigenvalue weighted by Crippen LogP contribution is -2.32. The molecule has 0 bridgehead atoms. The Balaban J connectivity index is 2.41. The molecular weight excluding hydrogens is 228 g/mol. The average Bonchev–Trinajstić information content (AvgIpc) is 2.42. The van der Waals surface area contributed by atoms with Gasteiger partial charge in [-0.05, 0) is 30.0 Å². The summed E-state index contributed by atoms with van der Waals surface area (Å²) in [6.45, 7) is 5.31. The average molecular weight is 250 g/mol. The van der Waals surface area contributed by atoms with Gasteiger partial charge in [-0.1, -0.05) is 26.0 Å². The summed E-state index contributed by atoms with van der Waals surface area (Å²) in [5, 5.41) is 2.65. The van der Waals surface area contributed by atoms with Crippen LogP contribution < -0.4 is 15.8 Å². The summed E-state index contributed by atoms with van der Waals surface area (Å²) in [6, 6.07) is 7.89. The number of hydrogen-bond acceptors (Lipinski definition) is 3. The molecule has 0 aromatic heterocycles. The Bertz CT molecular complexity index is 363. The molecule has 1 aromatic rings. The second-order valence-electron chi connectivity index (χ2n) is 4.31. The van der Waals surface area contributed by atoms with Crippen molar-refractivity contribution < 1.29 is 9.53 Å². The van der Waals surface area contributed by atoms with E-state index >= 15 is 0 Å². The summed E-state index contributed by atoms with van der Waals surface area (Å²) in [5.41, 5.74) is 6.58. The molecule has 3 N–H and O–H groups in total. The van der Waals surface area contributed by atoms with Crippen LogP contribution in [-0.2, 0) is 4.79 Å². The number of rotatable bonds is 7. The van der Waals surface area contributed by atoms with E-state index in [1.54, 1.807) is 0 Å². The van der Waals surface area contributed by atoms with Crippen LogP contribution in [0.5, 0.6) is 5.75 Å². The lowest BCUT2D eigenvalue weighted by molar-refractivity contribution is -0.123. The summed E-state index contributed by atoms with van der Waals surface area (Å²) in [6.07, 6.45) is 1.11. The third kappa shape index (κ3) is 4.75. The number of nitrogens with two attached hydrogens (primary N) is 1. The smallest absolute Gasteiger partial charge is 0.257 e. The first-order valence-electron chi connectivity index (χ1n) is 6.37. The van der Waals surface area contributed by atoms with Gasteiger partial charge in [-0.15, -0.1) is 0 Å². The SMILES string of the molecule is CCC(C)c1ccc(OCC(=O)NCCN)cc1. The molecule has 0 aliphatic carbocycles. The number of nitrogens with one attached hydrogen (secondary N) is 1. The van der Waals surface area contributed by atoms with Gasteiger partial charge in [-0.2, -0.15) is 0 Å². The molecule has 100 valence electrons. The van der Waals surface area contributed by atoms with Gasteiger partial charge in [-0.25, -0.2) is 0 Å². The van der Waals surface area contributed by atoms with E-state index in [0.29, 0.717) is 24.8 Å². The van der Waals surface area contributed by atoms with Crippen LogP contribution in [0.2, 0.25) is 0 Å². The lowest BCUT2D eigenvalue weighted by Gasteiger charge is -2.10. The largest absolute Gasteiger partial charge is 0.484 e. The molecule has 4 nitrogen and oxygen atoms in total. The zero-order valence-corrected chi connectivity index (χ0v) is 11.1. The summed E-state index contributed by atoms with van der Waals surface area (Å²) >= 11 is 0. The van der Waals surface area contributed by atoms with E-state index in [2.05, 4.69) is 19.2 Å². The molecule has 0 saturated heterocycles. The minimum absolute atomic E-state index is 0.0304. The van der Waals surface area contributed by atoms with E-state index < -0.39 is 0 Å². The first kappa shape index (κ1) is 14.5. The quantitative estimate of drug-likeness (QED) is 0.773. The van der Waals surface area contributed by atoms with E-state index in [9.17, 15) is 4.79 Å². The molecule has 4 heteroatoms. The van der Waals surface area contributed by atoms with Crippen molar-refractivity contribution in [1.82, 2.24) is 5.32 Å². The Labute approximate surface area is 109 Å². The molecule has 0 aliphatic rings. The predicted octanol–water partition coefficient (Wildman–Crippen LogP) is 1.65. The number of amides is 1. The monoisotopic (exact) mass is 250 g/mol. The predicted molar refractivity (Wildman–Crippen MR) is 72.7 cm³/mol. The van der Waals surface area contributed by atoms with E-state index in [-0.39, 0.29) is 12.5 Å². The molecule has 1 rings (SSSR count). The molecule has 0 heterocycles. The van der Waals surface area contributed by atoms with Crippen molar-refractivity contribution >= 4 is 5.91 Å². The molecule has 1 unspecified atom stereocenters. The fourth-order valence-electron chi connectivity index (χ4n) is 1.54. The topological polar surface area (TPSA) is 64.3 Å². The first-order valence-corrected chi connectivity index (χ1v) is 6.37. The number of ether oxygens (including phenoxy) is 1. The molecule has 0 aliphatic heterocycles. The number of carbonyl (C=O) groups excluding carboxylic acids is 1. The van der Waals surface area contributed by atoms with Gasteiger partial charge in [0.2, 0.25) is 0 Å². The molecular formula is C14H22N2O2. The van der Waals surface area contributed by atoms with Crippen LogP contribution >= 0.6 is 0 Å². The number of hydrogen-bond donors (Lipinski definition) is 2. The lowest BCUT2D eigenvalue weighted by atomic mass is 9.99. The maximum atomic E-state index is 11.3. The minimum Gasteiger partial charge on any atom is -0.484 e. The van der Waals surface area contributed by atoms with Crippen LogP contribution in [0.25, 0.3) is 0 Å². The standard InChI is InChI=1S/C14H22N2O2/c1-3-11(2)12-4-6-13(7-5-12)18-10-14(17)16-9-8-15/h4-7,11H,3,8-10,15H2,1-2H3,(H,16,17). The summed E-state index contributed by atoms with van der Waals surface area (Å²) in [7, 11) is 0. The molecule has 0 fully saturated rings. The van der Waals surface area contributed by atoms with Crippen LogP contribution in [0.15, 0.2) is 24.3 Å². The van der Waals surface area contributed by atoms with Crippen LogP contribution in [0.3, 0.4) is 0 Å². The van der Waals surface area contributed by atoms with E-state index in [4.69, 9.17) is 10.5 Å².